The maximum atomic E-state index is 15.5. The number of carbonyl (C=O) groups is 2. The lowest BCUT2D eigenvalue weighted by Crippen LogP contribution is -2.44. The first-order valence-corrected chi connectivity index (χ1v) is 12.7. The van der Waals surface area contributed by atoms with E-state index in [-0.39, 0.29) is 27.6 Å². The predicted molar refractivity (Wildman–Crippen MR) is 138 cm³/mol. The first-order valence-electron chi connectivity index (χ1n) is 11.9. The van der Waals surface area contributed by atoms with E-state index in [9.17, 15) is 20.0 Å². The Morgan fingerprint density at radius 2 is 1.95 bits per heavy atom. The lowest BCUT2D eigenvalue weighted by molar-refractivity contribution is -0.150. The number of hydrogen-bond acceptors (Lipinski definition) is 6. The molecule has 1 aliphatic heterocycles. The molecule has 204 valence electrons. The minimum Gasteiger partial charge on any atom is -0.462 e. The molecule has 2 aromatic carbocycles. The number of primary amides is 1. The fourth-order valence-corrected chi connectivity index (χ4v) is 5.43. The van der Waals surface area contributed by atoms with Gasteiger partial charge in [0.2, 0.25) is 5.91 Å². The molecule has 1 fully saturated rings. The van der Waals surface area contributed by atoms with E-state index in [1.807, 2.05) is 20.8 Å². The quantitative estimate of drug-likeness (QED) is 0.406. The number of halogens is 4. The highest BCUT2D eigenvalue weighted by Gasteiger charge is 2.61. The van der Waals surface area contributed by atoms with Crippen LogP contribution in [0.5, 0.6) is 0 Å². The van der Waals surface area contributed by atoms with Gasteiger partial charge in [0.1, 0.15) is 29.7 Å². The average Bonchev–Trinajstić information content (AvgIpc) is 3.11. The molecule has 0 saturated carbocycles. The van der Waals surface area contributed by atoms with Gasteiger partial charge in [0.15, 0.2) is 0 Å². The van der Waals surface area contributed by atoms with Crippen molar-refractivity contribution in [2.45, 2.75) is 63.1 Å². The van der Waals surface area contributed by atoms with Crippen LogP contribution >= 0.6 is 23.2 Å². The molecule has 1 aliphatic rings. The summed E-state index contributed by atoms with van der Waals surface area (Å²) in [5, 5.41) is 23.7. The van der Waals surface area contributed by atoms with Gasteiger partial charge in [0, 0.05) is 22.5 Å². The highest BCUT2D eigenvalue weighted by molar-refractivity contribution is 6.31. The predicted octanol–water partition coefficient (Wildman–Crippen LogP) is 4.37. The van der Waals surface area contributed by atoms with Crippen molar-refractivity contribution in [3.8, 4) is 6.07 Å². The van der Waals surface area contributed by atoms with E-state index in [1.165, 1.54) is 30.3 Å². The summed E-state index contributed by atoms with van der Waals surface area (Å²) in [4.78, 5) is 24.5. The molecule has 38 heavy (non-hydrogen) atoms. The number of aliphatic hydroxyl groups excluding tert-OH is 1. The van der Waals surface area contributed by atoms with Crippen molar-refractivity contribution in [3.05, 3.63) is 69.2 Å². The zero-order valence-corrected chi connectivity index (χ0v) is 22.6. The van der Waals surface area contributed by atoms with Crippen LogP contribution in [0.2, 0.25) is 10.0 Å². The normalized spacial score (nSPS) is 24.0. The van der Waals surface area contributed by atoms with Gasteiger partial charge in [0.25, 0.3) is 0 Å². The number of nitrogens with zero attached hydrogens (tertiary/aromatic N) is 1. The van der Waals surface area contributed by atoms with Gasteiger partial charge in [-0.2, -0.15) is 5.26 Å². The Bertz CT molecular complexity index is 1260. The van der Waals surface area contributed by atoms with Gasteiger partial charge >= 0.3 is 5.97 Å². The molecular weight excluding hydrogens is 539 g/mol. The lowest BCUT2D eigenvalue weighted by atomic mass is 9.62. The van der Waals surface area contributed by atoms with Crippen molar-refractivity contribution in [1.82, 2.24) is 5.32 Å². The summed E-state index contributed by atoms with van der Waals surface area (Å²) in [5.74, 6) is -4.67. The zero-order valence-electron chi connectivity index (χ0n) is 21.1. The summed E-state index contributed by atoms with van der Waals surface area (Å²) in [6, 6.07) is 8.04. The number of hydrogen-bond donors (Lipinski definition) is 3. The average molecular weight is 568 g/mol. The Morgan fingerprint density at radius 1 is 1.26 bits per heavy atom. The number of esters is 1. The highest BCUT2D eigenvalue weighted by Crippen LogP contribution is 2.52. The van der Waals surface area contributed by atoms with E-state index >= 15 is 8.78 Å². The molecule has 1 saturated heterocycles. The second-order valence-corrected chi connectivity index (χ2v) is 11.5. The number of carbonyl (C=O) groups excluding carboxylic acids is 2. The van der Waals surface area contributed by atoms with Crippen molar-refractivity contribution in [3.63, 3.8) is 0 Å². The van der Waals surface area contributed by atoms with Gasteiger partial charge in [-0.15, -0.1) is 0 Å². The van der Waals surface area contributed by atoms with Crippen LogP contribution in [0.25, 0.3) is 0 Å². The Balaban J connectivity index is 2.23. The molecule has 5 atom stereocenters. The highest BCUT2D eigenvalue weighted by atomic mass is 35.5. The SMILES string of the molecule is CC(C)(C)C[C@@H]1N[C@@H](C(=O)OC[C@@H](O)CC(N)=O)[C@H](c2cccc(Cl)c2F)[C@@]1(C#N)c1ccc(Cl)cc1F. The van der Waals surface area contributed by atoms with Gasteiger partial charge in [-0.3, -0.25) is 14.9 Å². The second-order valence-electron chi connectivity index (χ2n) is 10.6. The third-order valence-corrected chi connectivity index (χ3v) is 7.08. The summed E-state index contributed by atoms with van der Waals surface area (Å²) in [6.45, 7) is 5.17. The van der Waals surface area contributed by atoms with Gasteiger partial charge in [-0.1, -0.05) is 62.2 Å². The summed E-state index contributed by atoms with van der Waals surface area (Å²) in [6.07, 6.45) is -1.52. The summed E-state index contributed by atoms with van der Waals surface area (Å²) in [7, 11) is 0. The number of rotatable bonds is 8. The number of nitrogens with one attached hydrogen (secondary N) is 1. The maximum Gasteiger partial charge on any atom is 0.323 e. The van der Waals surface area contributed by atoms with Crippen LogP contribution in [-0.4, -0.2) is 41.8 Å². The smallest absolute Gasteiger partial charge is 0.323 e. The topological polar surface area (TPSA) is 125 Å². The molecule has 1 heterocycles. The van der Waals surface area contributed by atoms with E-state index in [0.717, 1.165) is 6.07 Å². The fourth-order valence-electron chi connectivity index (χ4n) is 5.09. The van der Waals surface area contributed by atoms with Crippen molar-refractivity contribution >= 4 is 35.1 Å². The van der Waals surface area contributed by atoms with Gasteiger partial charge < -0.3 is 15.6 Å². The standard InChI is InChI=1S/C27H29Cl2F2N3O4/c1-26(2,3)11-20-27(13-32,17-8-7-14(28)9-19(17)30)22(16-5-4-6-18(29)23(16)31)24(34-20)25(37)38-12-15(35)10-21(33)36/h4-9,15,20,22,24,34-35H,10-12H2,1-3H3,(H2,33,36)/t15-,20-,22-,24+,27-/m0/s1. The van der Waals surface area contributed by atoms with Gasteiger partial charge in [0.05, 0.1) is 23.6 Å². The summed E-state index contributed by atoms with van der Waals surface area (Å²) in [5.41, 5.74) is 2.72. The number of nitrogens with two attached hydrogens (primary N) is 1. The molecule has 0 unspecified atom stereocenters. The van der Waals surface area contributed by atoms with Crippen LogP contribution in [-0.2, 0) is 19.7 Å². The molecular formula is C27H29Cl2F2N3O4. The van der Waals surface area contributed by atoms with Crippen molar-refractivity contribution in [2.75, 3.05) is 6.61 Å². The van der Waals surface area contributed by atoms with E-state index < -0.39 is 71.5 Å². The van der Waals surface area contributed by atoms with Crippen LogP contribution in [0, 0.1) is 28.4 Å². The minimum absolute atomic E-state index is 0.0698. The summed E-state index contributed by atoms with van der Waals surface area (Å²) >= 11 is 12.1. The van der Waals surface area contributed by atoms with E-state index in [1.54, 1.807) is 0 Å². The largest absolute Gasteiger partial charge is 0.462 e. The molecule has 0 spiro atoms. The first kappa shape index (κ1) is 29.8. The maximum absolute atomic E-state index is 15.5. The molecule has 2 aromatic rings. The Morgan fingerprint density at radius 3 is 2.53 bits per heavy atom. The molecule has 11 heteroatoms. The Kier molecular flexibility index (Phi) is 9.04. The Hall–Kier alpha value is -2.77. The van der Waals surface area contributed by atoms with Crippen molar-refractivity contribution in [1.29, 1.82) is 5.26 Å². The number of ether oxygens (including phenoxy) is 1. The molecule has 0 radical (unpaired) electrons. The zero-order chi connectivity index (χ0) is 28.4. The Labute approximate surface area is 229 Å². The van der Waals surface area contributed by atoms with Crippen LogP contribution in [0.1, 0.15) is 50.7 Å². The van der Waals surface area contributed by atoms with E-state index in [2.05, 4.69) is 11.4 Å². The second kappa shape index (κ2) is 11.5. The minimum atomic E-state index is -1.80. The monoisotopic (exact) mass is 567 g/mol. The van der Waals surface area contributed by atoms with Crippen molar-refractivity contribution in [2.24, 2.45) is 11.1 Å². The third-order valence-electron chi connectivity index (χ3n) is 6.56. The van der Waals surface area contributed by atoms with Crippen LogP contribution < -0.4 is 11.1 Å². The van der Waals surface area contributed by atoms with Crippen molar-refractivity contribution < 1.29 is 28.2 Å². The lowest BCUT2D eigenvalue weighted by Gasteiger charge is -2.37. The first-order chi connectivity index (χ1) is 17.7. The third kappa shape index (κ3) is 6.10. The number of benzene rings is 2. The molecule has 3 rings (SSSR count). The van der Waals surface area contributed by atoms with Crippen LogP contribution in [0.3, 0.4) is 0 Å². The van der Waals surface area contributed by atoms with Crippen LogP contribution in [0.15, 0.2) is 36.4 Å². The number of amides is 1. The number of nitriles is 1. The van der Waals surface area contributed by atoms with Crippen LogP contribution in [0.4, 0.5) is 8.78 Å². The molecule has 0 bridgehead atoms. The fraction of sp³-hybridized carbons (Fsp3) is 0.444. The summed E-state index contributed by atoms with van der Waals surface area (Å²) < 4.78 is 36.4. The molecule has 1 amide bonds. The number of aliphatic hydroxyl groups is 1. The van der Waals surface area contributed by atoms with E-state index in [0.29, 0.717) is 0 Å². The molecule has 0 aromatic heterocycles. The van der Waals surface area contributed by atoms with E-state index in [4.69, 9.17) is 33.7 Å². The molecule has 4 N–H and O–H groups in total. The van der Waals surface area contributed by atoms with Gasteiger partial charge in [-0.25, -0.2) is 8.78 Å². The molecule has 7 nitrogen and oxygen atoms in total. The molecule has 0 aliphatic carbocycles. The van der Waals surface area contributed by atoms with Gasteiger partial charge in [-0.05, 0) is 35.6 Å².